The molecule has 0 aliphatic heterocycles. The molecule has 0 amide bonds. The van der Waals surface area contributed by atoms with Gasteiger partial charge in [-0.25, -0.2) is 9.59 Å². The van der Waals surface area contributed by atoms with Crippen molar-refractivity contribution in [3.05, 3.63) is 18.0 Å². The van der Waals surface area contributed by atoms with Crippen LogP contribution >= 0.6 is 0 Å². The monoisotopic (exact) mass is 240 g/mol. The lowest BCUT2D eigenvalue weighted by Gasteiger charge is -2.11. The van der Waals surface area contributed by atoms with Gasteiger partial charge < -0.3 is 19.8 Å². The molecule has 1 unspecified atom stereocenters. The highest BCUT2D eigenvalue weighted by Gasteiger charge is 2.21. The van der Waals surface area contributed by atoms with Crippen molar-refractivity contribution in [3.8, 4) is 0 Å². The Bertz CT molecular complexity index is 425. The van der Waals surface area contributed by atoms with Gasteiger partial charge in [0.05, 0.1) is 12.3 Å². The molecule has 0 saturated carbocycles. The van der Waals surface area contributed by atoms with Gasteiger partial charge in [-0.3, -0.25) is 0 Å². The van der Waals surface area contributed by atoms with Crippen LogP contribution in [0.25, 0.3) is 0 Å². The molecule has 17 heavy (non-hydrogen) atoms. The van der Waals surface area contributed by atoms with Gasteiger partial charge in [-0.05, 0) is 19.9 Å². The molecule has 1 heterocycles. The van der Waals surface area contributed by atoms with E-state index in [9.17, 15) is 9.59 Å². The third-order valence-electron chi connectivity index (χ3n) is 2.14. The normalized spacial score (nSPS) is 11.9. The largest absolute Gasteiger partial charge is 0.463 e. The number of aryl methyl sites for hydroxylation is 1. The van der Waals surface area contributed by atoms with Gasteiger partial charge >= 0.3 is 11.9 Å². The van der Waals surface area contributed by atoms with Crippen molar-refractivity contribution in [2.45, 2.75) is 20.0 Å². The Labute approximate surface area is 99.3 Å². The Morgan fingerprint density at radius 1 is 1.53 bits per heavy atom. The van der Waals surface area contributed by atoms with E-state index in [1.165, 1.54) is 17.6 Å². The summed E-state index contributed by atoms with van der Waals surface area (Å²) in [5.41, 5.74) is 6.29. The lowest BCUT2D eigenvalue weighted by atomic mass is 10.4. The molecule has 0 radical (unpaired) electrons. The highest BCUT2D eigenvalue weighted by Crippen LogP contribution is 2.11. The molecular weight excluding hydrogens is 224 g/mol. The molecule has 0 aliphatic rings. The maximum atomic E-state index is 11.7. The number of ether oxygens (including phenoxy) is 2. The summed E-state index contributed by atoms with van der Waals surface area (Å²) >= 11 is 0. The van der Waals surface area contributed by atoms with E-state index in [-0.39, 0.29) is 6.61 Å². The minimum atomic E-state index is -0.932. The van der Waals surface area contributed by atoms with Crippen LogP contribution in [-0.2, 0) is 21.3 Å². The summed E-state index contributed by atoms with van der Waals surface area (Å²) in [5.74, 6) is -1.17. The molecule has 0 spiro atoms. The molecular formula is C11H16N2O4. The predicted molar refractivity (Wildman–Crippen MR) is 61.3 cm³/mol. The smallest absolute Gasteiger partial charge is 0.355 e. The molecule has 1 aromatic heterocycles. The first-order valence-electron chi connectivity index (χ1n) is 5.25. The molecule has 94 valence electrons. The Morgan fingerprint density at radius 2 is 2.18 bits per heavy atom. The molecule has 0 aliphatic carbocycles. The maximum Gasteiger partial charge on any atom is 0.355 e. The molecule has 1 aromatic rings. The number of esters is 2. The fraction of sp³-hybridized carbons (Fsp3) is 0.455. The quantitative estimate of drug-likeness (QED) is 0.784. The van der Waals surface area contributed by atoms with Crippen molar-refractivity contribution in [1.82, 2.24) is 4.57 Å². The minimum Gasteiger partial charge on any atom is -0.463 e. The van der Waals surface area contributed by atoms with Crippen LogP contribution in [0.1, 0.15) is 24.3 Å². The van der Waals surface area contributed by atoms with E-state index >= 15 is 0 Å². The lowest BCUT2D eigenvalue weighted by molar-refractivity contribution is -0.152. The van der Waals surface area contributed by atoms with Crippen LogP contribution in [-0.4, -0.2) is 29.2 Å². The summed E-state index contributed by atoms with van der Waals surface area (Å²) in [5, 5.41) is 0. The highest BCUT2D eigenvalue weighted by atomic mass is 16.6. The second-order valence-corrected chi connectivity index (χ2v) is 3.57. The van der Waals surface area contributed by atoms with Gasteiger partial charge in [-0.1, -0.05) is 0 Å². The second kappa shape index (κ2) is 5.38. The number of rotatable bonds is 4. The van der Waals surface area contributed by atoms with Crippen LogP contribution < -0.4 is 5.73 Å². The first kappa shape index (κ1) is 13.1. The Kier molecular flexibility index (Phi) is 4.14. The van der Waals surface area contributed by atoms with Crippen molar-refractivity contribution in [1.29, 1.82) is 0 Å². The average Bonchev–Trinajstić information content (AvgIpc) is 2.58. The van der Waals surface area contributed by atoms with Crippen molar-refractivity contribution in [2.75, 3.05) is 12.3 Å². The van der Waals surface area contributed by atoms with Gasteiger partial charge in [0.15, 0.2) is 6.10 Å². The van der Waals surface area contributed by atoms with Gasteiger partial charge in [0.2, 0.25) is 0 Å². The number of nitrogens with zero attached hydrogens (tertiary/aromatic N) is 1. The second-order valence-electron chi connectivity index (χ2n) is 3.57. The lowest BCUT2D eigenvalue weighted by Crippen LogP contribution is -2.27. The molecule has 1 rings (SSSR count). The first-order chi connectivity index (χ1) is 7.95. The molecule has 1 atom stereocenters. The third-order valence-corrected chi connectivity index (χ3v) is 2.14. The van der Waals surface area contributed by atoms with Crippen LogP contribution in [0.2, 0.25) is 0 Å². The summed E-state index contributed by atoms with van der Waals surface area (Å²) in [6.07, 6.45) is 0.657. The van der Waals surface area contributed by atoms with E-state index in [0.29, 0.717) is 11.4 Å². The van der Waals surface area contributed by atoms with Gasteiger partial charge in [-0.15, -0.1) is 0 Å². The fourth-order valence-electron chi connectivity index (χ4n) is 1.32. The van der Waals surface area contributed by atoms with E-state index < -0.39 is 18.0 Å². The Morgan fingerprint density at radius 3 is 2.65 bits per heavy atom. The minimum absolute atomic E-state index is 0.248. The predicted octanol–water partition coefficient (Wildman–Crippen LogP) is 0.716. The Hall–Kier alpha value is -1.98. The van der Waals surface area contributed by atoms with E-state index in [1.54, 1.807) is 20.2 Å². The number of hydrogen-bond acceptors (Lipinski definition) is 5. The Balaban J connectivity index is 2.66. The van der Waals surface area contributed by atoms with E-state index in [0.717, 1.165) is 0 Å². The molecule has 0 fully saturated rings. The van der Waals surface area contributed by atoms with E-state index in [2.05, 4.69) is 0 Å². The number of anilines is 1. The van der Waals surface area contributed by atoms with Crippen molar-refractivity contribution < 1.29 is 19.1 Å². The molecule has 0 bridgehead atoms. The standard InChI is InChI=1S/C11H16N2O4/c1-4-16-10(14)7(2)17-11(15)9-5-8(12)6-13(9)3/h5-7H,4,12H2,1-3H3. The molecule has 6 heteroatoms. The zero-order valence-electron chi connectivity index (χ0n) is 10.1. The van der Waals surface area contributed by atoms with Gasteiger partial charge in [-0.2, -0.15) is 0 Å². The van der Waals surface area contributed by atoms with Gasteiger partial charge in [0.1, 0.15) is 5.69 Å². The summed E-state index contributed by atoms with van der Waals surface area (Å²) in [6.45, 7) is 3.39. The molecule has 6 nitrogen and oxygen atoms in total. The average molecular weight is 240 g/mol. The maximum absolute atomic E-state index is 11.7. The third kappa shape index (κ3) is 3.24. The number of nitrogen functional groups attached to an aromatic ring is 1. The molecule has 0 saturated heterocycles. The number of aromatic nitrogens is 1. The van der Waals surface area contributed by atoms with Crippen LogP contribution in [0.3, 0.4) is 0 Å². The summed E-state index contributed by atoms with van der Waals surface area (Å²) in [7, 11) is 1.67. The van der Waals surface area contributed by atoms with Crippen LogP contribution in [0.15, 0.2) is 12.3 Å². The zero-order valence-corrected chi connectivity index (χ0v) is 10.1. The van der Waals surface area contributed by atoms with Gasteiger partial charge in [0.25, 0.3) is 0 Å². The van der Waals surface area contributed by atoms with Crippen molar-refractivity contribution in [2.24, 2.45) is 7.05 Å². The number of nitrogens with two attached hydrogens (primary N) is 1. The zero-order chi connectivity index (χ0) is 13.0. The summed E-state index contributed by atoms with van der Waals surface area (Å²) < 4.78 is 11.2. The number of carbonyl (C=O) groups excluding carboxylic acids is 2. The van der Waals surface area contributed by atoms with Gasteiger partial charge in [0, 0.05) is 13.2 Å². The van der Waals surface area contributed by atoms with Crippen LogP contribution in [0.4, 0.5) is 5.69 Å². The van der Waals surface area contributed by atoms with Crippen LogP contribution in [0.5, 0.6) is 0 Å². The summed E-state index contributed by atoms with van der Waals surface area (Å²) in [6, 6.07) is 1.49. The van der Waals surface area contributed by atoms with Crippen molar-refractivity contribution in [3.63, 3.8) is 0 Å². The molecule has 2 N–H and O–H groups in total. The SMILES string of the molecule is CCOC(=O)C(C)OC(=O)c1cc(N)cn1C. The summed E-state index contributed by atoms with van der Waals surface area (Å²) in [4.78, 5) is 23.0. The molecule has 0 aromatic carbocycles. The topological polar surface area (TPSA) is 83.6 Å². The fourth-order valence-corrected chi connectivity index (χ4v) is 1.32. The van der Waals surface area contributed by atoms with Crippen molar-refractivity contribution >= 4 is 17.6 Å². The highest BCUT2D eigenvalue weighted by molar-refractivity contribution is 5.91. The number of hydrogen-bond donors (Lipinski definition) is 1. The van der Waals surface area contributed by atoms with E-state index in [1.807, 2.05) is 0 Å². The first-order valence-corrected chi connectivity index (χ1v) is 5.25. The number of carbonyl (C=O) groups is 2. The van der Waals surface area contributed by atoms with E-state index in [4.69, 9.17) is 15.2 Å². The van der Waals surface area contributed by atoms with Crippen LogP contribution in [0, 0.1) is 0 Å².